The summed E-state index contributed by atoms with van der Waals surface area (Å²) in [4.78, 5) is 4.91. The standard InChI is InChI=1S/C11H12FNO/c1-3-11(14-13-2)8-9-4-6-10(12)7-5-9/h3-7H,2,8H2,1H3/b11-3-. The van der Waals surface area contributed by atoms with E-state index in [0.29, 0.717) is 12.2 Å². The number of rotatable bonds is 4. The molecule has 1 rings (SSSR count). The van der Waals surface area contributed by atoms with Crippen molar-refractivity contribution in [2.24, 2.45) is 5.16 Å². The van der Waals surface area contributed by atoms with E-state index in [1.54, 1.807) is 18.2 Å². The summed E-state index contributed by atoms with van der Waals surface area (Å²) in [7, 11) is 0. The van der Waals surface area contributed by atoms with Gasteiger partial charge in [0.05, 0.1) is 0 Å². The number of hydrogen-bond donors (Lipinski definition) is 0. The van der Waals surface area contributed by atoms with E-state index < -0.39 is 0 Å². The normalized spacial score (nSPS) is 11.1. The van der Waals surface area contributed by atoms with Gasteiger partial charge in [0.25, 0.3) is 0 Å². The van der Waals surface area contributed by atoms with Crippen LogP contribution in [0.15, 0.2) is 41.3 Å². The molecule has 2 nitrogen and oxygen atoms in total. The van der Waals surface area contributed by atoms with Gasteiger partial charge in [-0.1, -0.05) is 17.3 Å². The molecule has 1 aromatic carbocycles. The highest BCUT2D eigenvalue weighted by Gasteiger charge is 1.99. The number of halogens is 1. The second kappa shape index (κ2) is 5.17. The zero-order valence-corrected chi connectivity index (χ0v) is 8.03. The monoisotopic (exact) mass is 193 g/mol. The Balaban J connectivity index is 2.67. The lowest BCUT2D eigenvalue weighted by Crippen LogP contribution is -1.92. The third-order valence-corrected chi connectivity index (χ3v) is 1.80. The molecule has 0 aliphatic carbocycles. The van der Waals surface area contributed by atoms with Gasteiger partial charge in [-0.25, -0.2) is 4.39 Å². The van der Waals surface area contributed by atoms with Crippen LogP contribution in [0, 0.1) is 5.82 Å². The fourth-order valence-corrected chi connectivity index (χ4v) is 1.07. The maximum absolute atomic E-state index is 12.6. The molecular weight excluding hydrogens is 181 g/mol. The summed E-state index contributed by atoms with van der Waals surface area (Å²) in [5.41, 5.74) is 0.975. The van der Waals surface area contributed by atoms with Gasteiger partial charge >= 0.3 is 0 Å². The van der Waals surface area contributed by atoms with Gasteiger partial charge < -0.3 is 4.84 Å². The molecule has 14 heavy (non-hydrogen) atoms. The van der Waals surface area contributed by atoms with Gasteiger partial charge in [0.15, 0.2) is 0 Å². The van der Waals surface area contributed by atoms with Gasteiger partial charge in [-0.2, -0.15) is 0 Å². The van der Waals surface area contributed by atoms with Crippen LogP contribution in [0.1, 0.15) is 12.5 Å². The molecule has 0 radical (unpaired) electrons. The van der Waals surface area contributed by atoms with Crippen molar-refractivity contribution in [2.75, 3.05) is 0 Å². The molecule has 1 aromatic rings. The van der Waals surface area contributed by atoms with E-state index in [9.17, 15) is 4.39 Å². The van der Waals surface area contributed by atoms with Crippen molar-refractivity contribution in [2.45, 2.75) is 13.3 Å². The molecule has 3 heteroatoms. The van der Waals surface area contributed by atoms with Gasteiger partial charge in [-0.05, 0) is 30.7 Å². The highest BCUT2D eigenvalue weighted by Crippen LogP contribution is 2.10. The van der Waals surface area contributed by atoms with Crippen molar-refractivity contribution in [3.8, 4) is 0 Å². The molecule has 0 aromatic heterocycles. The van der Waals surface area contributed by atoms with Crippen LogP contribution in [0.2, 0.25) is 0 Å². The van der Waals surface area contributed by atoms with E-state index in [-0.39, 0.29) is 5.82 Å². The summed E-state index contributed by atoms with van der Waals surface area (Å²) in [5.74, 6) is 0.463. The van der Waals surface area contributed by atoms with Crippen molar-refractivity contribution in [3.05, 3.63) is 47.5 Å². The number of benzene rings is 1. The van der Waals surface area contributed by atoms with Crippen molar-refractivity contribution in [1.29, 1.82) is 0 Å². The Morgan fingerprint density at radius 2 is 2.14 bits per heavy atom. The minimum absolute atomic E-state index is 0.237. The average molecular weight is 193 g/mol. The van der Waals surface area contributed by atoms with Crippen LogP contribution >= 0.6 is 0 Å². The minimum Gasteiger partial charge on any atom is -0.362 e. The molecule has 0 unspecified atom stereocenters. The molecule has 0 N–H and O–H groups in total. The maximum atomic E-state index is 12.6. The third kappa shape index (κ3) is 3.01. The molecule has 74 valence electrons. The summed E-state index contributed by atoms with van der Waals surface area (Å²) >= 11 is 0. The zero-order valence-electron chi connectivity index (χ0n) is 8.03. The summed E-state index contributed by atoms with van der Waals surface area (Å²) in [6.45, 7) is 5.08. The first-order chi connectivity index (χ1) is 6.76. The second-order valence-corrected chi connectivity index (χ2v) is 2.78. The zero-order chi connectivity index (χ0) is 10.4. The van der Waals surface area contributed by atoms with Gasteiger partial charge in [0, 0.05) is 13.1 Å². The summed E-state index contributed by atoms with van der Waals surface area (Å²) < 4.78 is 12.6. The van der Waals surface area contributed by atoms with Crippen molar-refractivity contribution in [3.63, 3.8) is 0 Å². The predicted molar refractivity (Wildman–Crippen MR) is 54.5 cm³/mol. The number of allylic oxidation sites excluding steroid dienone is 2. The van der Waals surface area contributed by atoms with Crippen molar-refractivity contribution >= 4 is 6.72 Å². The van der Waals surface area contributed by atoms with Crippen LogP contribution in [0.3, 0.4) is 0 Å². The van der Waals surface area contributed by atoms with E-state index >= 15 is 0 Å². The van der Waals surface area contributed by atoms with E-state index in [0.717, 1.165) is 5.56 Å². The third-order valence-electron chi connectivity index (χ3n) is 1.80. The second-order valence-electron chi connectivity index (χ2n) is 2.78. The largest absolute Gasteiger partial charge is 0.362 e. The van der Waals surface area contributed by atoms with Crippen LogP contribution in [0.25, 0.3) is 0 Å². The number of hydrogen-bond acceptors (Lipinski definition) is 2. The first-order valence-electron chi connectivity index (χ1n) is 4.29. The molecule has 0 saturated carbocycles. The summed E-state index contributed by atoms with van der Waals surface area (Å²) in [6.07, 6.45) is 2.40. The highest BCUT2D eigenvalue weighted by atomic mass is 19.1. The molecule has 0 aliphatic rings. The number of oxime groups is 1. The Bertz CT molecular complexity index is 330. The summed E-state index contributed by atoms with van der Waals surface area (Å²) in [5, 5.41) is 3.33. The lowest BCUT2D eigenvalue weighted by Gasteiger charge is -2.03. The Morgan fingerprint density at radius 1 is 1.50 bits per heavy atom. The van der Waals surface area contributed by atoms with Crippen LogP contribution in [-0.4, -0.2) is 6.72 Å². The lowest BCUT2D eigenvalue weighted by molar-refractivity contribution is 0.224. The van der Waals surface area contributed by atoms with Gasteiger partial charge in [0.2, 0.25) is 0 Å². The topological polar surface area (TPSA) is 21.6 Å². The average Bonchev–Trinajstić information content (AvgIpc) is 2.20. The molecule has 0 heterocycles. The fraction of sp³-hybridized carbons (Fsp3) is 0.182. The van der Waals surface area contributed by atoms with Crippen LogP contribution in [-0.2, 0) is 11.3 Å². The Kier molecular flexibility index (Phi) is 3.85. The predicted octanol–water partition coefficient (Wildman–Crippen LogP) is 2.90. The Morgan fingerprint density at radius 3 is 2.64 bits per heavy atom. The molecule has 0 fully saturated rings. The first-order valence-corrected chi connectivity index (χ1v) is 4.29. The van der Waals surface area contributed by atoms with E-state index in [1.165, 1.54) is 12.1 Å². The van der Waals surface area contributed by atoms with Crippen LogP contribution in [0.5, 0.6) is 0 Å². The first kappa shape index (κ1) is 10.4. The molecule has 0 amide bonds. The molecular formula is C11H12FNO. The highest BCUT2D eigenvalue weighted by molar-refractivity contribution is 5.23. The van der Waals surface area contributed by atoms with Gasteiger partial charge in [-0.15, -0.1) is 0 Å². The van der Waals surface area contributed by atoms with E-state index in [1.807, 2.05) is 6.92 Å². The molecule has 0 bridgehead atoms. The number of nitrogens with zero attached hydrogens (tertiary/aromatic N) is 1. The van der Waals surface area contributed by atoms with Gasteiger partial charge in [0.1, 0.15) is 11.6 Å². The lowest BCUT2D eigenvalue weighted by atomic mass is 10.1. The molecule has 0 spiro atoms. The molecule has 0 atom stereocenters. The minimum atomic E-state index is -0.237. The Hall–Kier alpha value is -1.64. The fourth-order valence-electron chi connectivity index (χ4n) is 1.07. The molecule has 0 saturated heterocycles. The smallest absolute Gasteiger partial charge is 0.135 e. The van der Waals surface area contributed by atoms with Gasteiger partial charge in [-0.3, -0.25) is 0 Å². The quantitative estimate of drug-likeness (QED) is 0.409. The van der Waals surface area contributed by atoms with Crippen LogP contribution in [0.4, 0.5) is 4.39 Å². The molecule has 0 aliphatic heterocycles. The van der Waals surface area contributed by atoms with Crippen molar-refractivity contribution in [1.82, 2.24) is 0 Å². The van der Waals surface area contributed by atoms with Crippen LogP contribution < -0.4 is 0 Å². The maximum Gasteiger partial charge on any atom is 0.135 e. The SMILES string of the molecule is C=NO/C(=C\C)Cc1ccc(F)cc1. The van der Waals surface area contributed by atoms with E-state index in [4.69, 9.17) is 4.84 Å². The van der Waals surface area contributed by atoms with Crippen molar-refractivity contribution < 1.29 is 9.23 Å². The Labute approximate surface area is 82.7 Å². The summed E-state index contributed by atoms with van der Waals surface area (Å²) in [6, 6.07) is 6.27. The van der Waals surface area contributed by atoms with E-state index in [2.05, 4.69) is 11.9 Å².